The molecule has 0 spiro atoms. The summed E-state index contributed by atoms with van der Waals surface area (Å²) in [6.45, 7) is 9.10. The summed E-state index contributed by atoms with van der Waals surface area (Å²) >= 11 is 1.50. The number of hydrogen-bond donors (Lipinski definition) is 2. The molecule has 2 N–H and O–H groups in total. The molecule has 0 aliphatic heterocycles. The first-order valence-corrected chi connectivity index (χ1v) is 18.5. The molecule has 8 heteroatoms. The maximum Gasteiger partial charge on any atom is 0.227 e. The fourth-order valence-electron chi connectivity index (χ4n) is 8.04. The van der Waals surface area contributed by atoms with Crippen LogP contribution in [0.2, 0.25) is 0 Å². The van der Waals surface area contributed by atoms with E-state index >= 15 is 0 Å². The van der Waals surface area contributed by atoms with Crippen LogP contribution in [0.4, 0.5) is 0 Å². The lowest BCUT2D eigenvalue weighted by atomic mass is 9.64. The highest BCUT2D eigenvalue weighted by Crippen LogP contribution is 2.59. The van der Waals surface area contributed by atoms with Gasteiger partial charge in [0.05, 0.1) is 37.2 Å². The van der Waals surface area contributed by atoms with Crippen molar-refractivity contribution in [2.24, 2.45) is 5.41 Å². The zero-order valence-electron chi connectivity index (χ0n) is 30.0. The quantitative estimate of drug-likeness (QED) is 0.167. The van der Waals surface area contributed by atoms with E-state index in [1.54, 1.807) is 14.2 Å². The Balaban J connectivity index is 1.53. The number of aliphatic hydroxyl groups is 2. The number of aliphatic hydroxyl groups excluding tert-OH is 1. The Morgan fingerprint density at radius 1 is 1.00 bits per heavy atom. The van der Waals surface area contributed by atoms with Gasteiger partial charge in [0.25, 0.3) is 0 Å². The zero-order valence-corrected chi connectivity index (χ0v) is 30.8. The van der Waals surface area contributed by atoms with E-state index in [1.165, 1.54) is 16.9 Å². The minimum absolute atomic E-state index is 0.0113. The Hall–Kier alpha value is -3.46. The second-order valence-corrected chi connectivity index (χ2v) is 15.7. The number of methoxy groups -OCH3 is 2. The minimum atomic E-state index is -1.17. The molecule has 3 aliphatic carbocycles. The molecule has 1 amide bonds. The number of rotatable bonds is 10. The van der Waals surface area contributed by atoms with Crippen molar-refractivity contribution in [2.45, 2.75) is 103 Å². The molecule has 6 rings (SSSR count). The van der Waals surface area contributed by atoms with Gasteiger partial charge in [-0.05, 0) is 118 Å². The second kappa shape index (κ2) is 15.6. The Kier molecular flexibility index (Phi) is 11.7. The number of nitrogens with zero attached hydrogens (tertiary/aromatic N) is 1. The van der Waals surface area contributed by atoms with Gasteiger partial charge in [0.2, 0.25) is 11.7 Å². The summed E-state index contributed by atoms with van der Waals surface area (Å²) in [5.74, 6) is 1.03. The molecular formula is C41H53NO6S. The Bertz CT molecular complexity index is 1680. The summed E-state index contributed by atoms with van der Waals surface area (Å²) in [5.41, 5.74) is 2.81. The van der Waals surface area contributed by atoms with E-state index in [4.69, 9.17) is 9.47 Å². The summed E-state index contributed by atoms with van der Waals surface area (Å²) in [4.78, 5) is 31.8. The monoisotopic (exact) mass is 687 g/mol. The van der Waals surface area contributed by atoms with Crippen molar-refractivity contribution >= 4 is 23.0 Å². The van der Waals surface area contributed by atoms with Crippen LogP contribution in [-0.2, 0) is 17.6 Å². The molecule has 1 fully saturated rings. The number of carbonyl (C=O) groups is 2. The van der Waals surface area contributed by atoms with Gasteiger partial charge < -0.3 is 24.6 Å². The highest BCUT2D eigenvalue weighted by molar-refractivity contribution is 7.14. The smallest absolute Gasteiger partial charge is 0.227 e. The predicted molar refractivity (Wildman–Crippen MR) is 196 cm³/mol. The average molecular weight is 688 g/mol. The Labute approximate surface area is 296 Å². The summed E-state index contributed by atoms with van der Waals surface area (Å²) in [7, 11) is 3.17. The van der Waals surface area contributed by atoms with Crippen molar-refractivity contribution in [3.05, 3.63) is 92.2 Å². The molecule has 2 bridgehead atoms. The van der Waals surface area contributed by atoms with Gasteiger partial charge in [-0.3, -0.25) is 9.59 Å². The van der Waals surface area contributed by atoms with Crippen molar-refractivity contribution < 1.29 is 29.3 Å². The number of ether oxygens (including phenoxy) is 2. The first-order chi connectivity index (χ1) is 23.4. The van der Waals surface area contributed by atoms with E-state index in [2.05, 4.69) is 39.0 Å². The number of aryl methyl sites for hydroxylation is 1. The SMILES string of the molecule is CCCN(C[C@]1(O)CC[C@H]2c3ccc(cc3C(=O)c3ccc(C)s3)C[C@@H](O)CCC(C)=CCC[C@@]21C)C(=O)Cc1ccc(OC)c(OC)c1. The fraction of sp³-hybridized carbons (Fsp3) is 0.512. The molecule has 3 aromatic rings. The third kappa shape index (κ3) is 7.97. The van der Waals surface area contributed by atoms with Crippen LogP contribution in [0.3, 0.4) is 0 Å². The fourth-order valence-corrected chi connectivity index (χ4v) is 8.86. The molecular weight excluding hydrogens is 635 g/mol. The number of carbonyl (C=O) groups excluding carboxylic acids is 2. The largest absolute Gasteiger partial charge is 0.493 e. The van der Waals surface area contributed by atoms with Gasteiger partial charge in [0.1, 0.15) is 0 Å². The second-order valence-electron chi connectivity index (χ2n) is 14.4. The Morgan fingerprint density at radius 2 is 1.78 bits per heavy atom. The number of ketones is 1. The van der Waals surface area contributed by atoms with Gasteiger partial charge in [0, 0.05) is 28.9 Å². The van der Waals surface area contributed by atoms with E-state index in [0.717, 1.165) is 40.8 Å². The van der Waals surface area contributed by atoms with Gasteiger partial charge >= 0.3 is 0 Å². The molecule has 4 atom stereocenters. The number of fused-ring (bicyclic) bond motifs is 8. The standard InChI is InChI=1S/C41H53NO6S/c1-7-21-42(38(44)25-30-13-16-35(47-5)36(24-30)48-6)26-41(46)20-18-34-32-15-12-29(23-33(32)39(45)37-17-11-28(3)49-37)22-31(43)14-10-27(2)9-8-19-40(34,41)4/h9,11-13,15-17,23-24,31,34,43,46H,7-8,10,14,18-22,25-26H2,1-6H3/t31-,34-,40-,41+/m0/s1. The van der Waals surface area contributed by atoms with Gasteiger partial charge in [-0.15, -0.1) is 11.3 Å². The normalized spacial score (nSPS) is 24.1. The van der Waals surface area contributed by atoms with Crippen molar-refractivity contribution in [1.82, 2.24) is 4.90 Å². The number of allylic oxidation sites excluding steroid dienone is 2. The van der Waals surface area contributed by atoms with Crippen LogP contribution in [0, 0.1) is 12.3 Å². The van der Waals surface area contributed by atoms with Crippen LogP contribution in [0.15, 0.2) is 60.2 Å². The van der Waals surface area contributed by atoms with Crippen LogP contribution in [0.5, 0.6) is 11.5 Å². The highest BCUT2D eigenvalue weighted by Gasteiger charge is 2.57. The maximum atomic E-state index is 14.2. The molecule has 7 nitrogen and oxygen atoms in total. The van der Waals surface area contributed by atoms with E-state index in [1.807, 2.05) is 48.2 Å². The average Bonchev–Trinajstić information content (AvgIpc) is 3.62. The van der Waals surface area contributed by atoms with E-state index in [0.29, 0.717) is 60.6 Å². The number of amides is 1. The van der Waals surface area contributed by atoms with Crippen LogP contribution in [0.25, 0.3) is 0 Å². The first kappa shape index (κ1) is 36.8. The lowest BCUT2D eigenvalue weighted by Crippen LogP contribution is -2.54. The van der Waals surface area contributed by atoms with Crippen molar-refractivity contribution in [3.8, 4) is 11.5 Å². The molecule has 264 valence electrons. The topological polar surface area (TPSA) is 96.3 Å². The van der Waals surface area contributed by atoms with E-state index < -0.39 is 17.1 Å². The molecule has 1 saturated carbocycles. The number of benzene rings is 2. The van der Waals surface area contributed by atoms with Crippen LogP contribution in [0.1, 0.15) is 108 Å². The molecule has 0 radical (unpaired) electrons. The van der Waals surface area contributed by atoms with Crippen molar-refractivity contribution in [1.29, 1.82) is 0 Å². The van der Waals surface area contributed by atoms with Gasteiger partial charge in [0.15, 0.2) is 11.5 Å². The predicted octanol–water partition coefficient (Wildman–Crippen LogP) is 7.82. The summed E-state index contributed by atoms with van der Waals surface area (Å²) in [5, 5.41) is 23.8. The lowest BCUT2D eigenvalue weighted by Gasteiger charge is -2.46. The molecule has 1 heterocycles. The minimum Gasteiger partial charge on any atom is -0.493 e. The third-order valence-corrected chi connectivity index (χ3v) is 12.0. The molecule has 2 aromatic carbocycles. The van der Waals surface area contributed by atoms with Crippen LogP contribution in [-0.4, -0.2) is 65.8 Å². The zero-order chi connectivity index (χ0) is 35.3. The molecule has 1 aromatic heterocycles. The van der Waals surface area contributed by atoms with Crippen molar-refractivity contribution in [3.63, 3.8) is 0 Å². The highest BCUT2D eigenvalue weighted by atomic mass is 32.1. The van der Waals surface area contributed by atoms with E-state index in [9.17, 15) is 19.8 Å². The summed E-state index contributed by atoms with van der Waals surface area (Å²) in [6, 6.07) is 15.5. The van der Waals surface area contributed by atoms with Crippen LogP contribution >= 0.6 is 11.3 Å². The molecule has 49 heavy (non-hydrogen) atoms. The first-order valence-electron chi connectivity index (χ1n) is 17.7. The summed E-state index contributed by atoms with van der Waals surface area (Å²) in [6.07, 6.45) is 7.30. The third-order valence-electron chi connectivity index (χ3n) is 11.0. The molecule has 0 unspecified atom stereocenters. The molecule has 0 saturated heterocycles. The van der Waals surface area contributed by atoms with Crippen molar-refractivity contribution in [2.75, 3.05) is 27.3 Å². The van der Waals surface area contributed by atoms with E-state index in [-0.39, 0.29) is 30.6 Å². The van der Waals surface area contributed by atoms with Crippen LogP contribution < -0.4 is 9.47 Å². The number of thiophene rings is 1. The van der Waals surface area contributed by atoms with Gasteiger partial charge in [-0.2, -0.15) is 0 Å². The maximum absolute atomic E-state index is 14.2. The van der Waals surface area contributed by atoms with Gasteiger partial charge in [-0.25, -0.2) is 0 Å². The Morgan fingerprint density at radius 3 is 2.47 bits per heavy atom. The summed E-state index contributed by atoms with van der Waals surface area (Å²) < 4.78 is 10.9. The number of hydrogen-bond acceptors (Lipinski definition) is 7. The van der Waals surface area contributed by atoms with Gasteiger partial charge in [-0.1, -0.05) is 43.7 Å². The lowest BCUT2D eigenvalue weighted by molar-refractivity contribution is -0.139. The molecule has 3 aliphatic rings.